The zero-order valence-electron chi connectivity index (χ0n) is 40.1. The second-order valence-electron chi connectivity index (χ2n) is 11.2. The van der Waals surface area contributed by atoms with Gasteiger partial charge in [0.25, 0.3) is 0 Å². The van der Waals surface area contributed by atoms with E-state index >= 15 is 0 Å². The Balaban J connectivity index is 1.45. The fraction of sp³-hybridized carbons (Fsp3) is 0.0714. The normalized spacial score (nSPS) is 18.9. The second kappa shape index (κ2) is 9.47. The molecule has 0 saturated carbocycles. The summed E-state index contributed by atoms with van der Waals surface area (Å²) in [6.07, 6.45) is 0. The summed E-state index contributed by atoms with van der Waals surface area (Å²) in [6, 6.07) is 13.4. The van der Waals surface area contributed by atoms with Crippen molar-refractivity contribution in [3.63, 3.8) is 0 Å². The quantitative estimate of drug-likeness (QED) is 0.197. The largest absolute Gasteiger partial charge is 0.455 e. The zero-order valence-corrected chi connectivity index (χ0v) is 24.1. The van der Waals surface area contributed by atoms with Crippen LogP contribution in [0.15, 0.2) is 138 Å². The zero-order chi connectivity index (χ0) is 45.0. The van der Waals surface area contributed by atoms with Crippen LogP contribution in [0.4, 0.5) is 0 Å². The summed E-state index contributed by atoms with van der Waals surface area (Å²) in [4.78, 5) is 14.5. The Labute approximate surface area is 293 Å². The molecule has 5 nitrogen and oxygen atoms in total. The van der Waals surface area contributed by atoms with Gasteiger partial charge in [-0.25, -0.2) is 4.98 Å². The van der Waals surface area contributed by atoms with Crippen molar-refractivity contribution in [2.75, 3.05) is 0 Å². The van der Waals surface area contributed by atoms with Gasteiger partial charge in [-0.15, -0.1) is 0 Å². The van der Waals surface area contributed by atoms with Gasteiger partial charge in [0, 0.05) is 40.7 Å². The minimum Gasteiger partial charge on any atom is -0.455 e. The molecule has 47 heavy (non-hydrogen) atoms. The van der Waals surface area contributed by atoms with Crippen molar-refractivity contribution in [1.29, 1.82) is 0 Å². The molecule has 3 heterocycles. The van der Waals surface area contributed by atoms with Crippen LogP contribution in [0.5, 0.6) is 0 Å². The van der Waals surface area contributed by atoms with E-state index in [1.54, 1.807) is 48.5 Å². The van der Waals surface area contributed by atoms with Gasteiger partial charge in [0.05, 0.1) is 30.3 Å². The van der Waals surface area contributed by atoms with Crippen LogP contribution in [-0.4, -0.2) is 19.5 Å². The first-order valence-electron chi connectivity index (χ1n) is 22.7. The first kappa shape index (κ1) is 15.0. The third-order valence-electron chi connectivity index (χ3n) is 8.53. The van der Waals surface area contributed by atoms with Gasteiger partial charge in [0.15, 0.2) is 11.6 Å². The minimum atomic E-state index is -3.64. The average Bonchev–Trinajstić information content (AvgIpc) is 3.94. The summed E-state index contributed by atoms with van der Waals surface area (Å²) in [5.74, 6) is -0.223. The van der Waals surface area contributed by atoms with E-state index in [4.69, 9.17) is 35.8 Å². The number of para-hydroxylation sites is 3. The van der Waals surface area contributed by atoms with Crippen molar-refractivity contribution >= 4 is 43.7 Å². The lowest BCUT2D eigenvalue weighted by Gasteiger charge is -2.21. The van der Waals surface area contributed by atoms with E-state index in [1.807, 2.05) is 24.3 Å². The van der Waals surface area contributed by atoms with Crippen LogP contribution >= 0.6 is 0 Å². The highest BCUT2D eigenvalue weighted by Crippen LogP contribution is 2.51. The maximum Gasteiger partial charge on any atom is 0.238 e. The molecule has 0 unspecified atom stereocenters. The molecule has 0 saturated heterocycles. The molecular weight excluding hydrogens is 576 g/mol. The molecule has 0 bridgehead atoms. The number of furan rings is 1. The maximum absolute atomic E-state index is 9.97. The number of nitrogens with zero attached hydrogens (tertiary/aromatic N) is 4. The molecule has 1 aliphatic carbocycles. The van der Waals surface area contributed by atoms with Crippen molar-refractivity contribution in [2.45, 2.75) is 19.1 Å². The lowest BCUT2D eigenvalue weighted by atomic mass is 9.82. The Hall–Kier alpha value is -6.07. The van der Waals surface area contributed by atoms with Gasteiger partial charge in [-0.05, 0) is 52.5 Å². The first-order chi connectivity index (χ1) is 29.7. The van der Waals surface area contributed by atoms with E-state index in [2.05, 4.69) is 0 Å². The molecule has 0 spiro atoms. The van der Waals surface area contributed by atoms with Gasteiger partial charge in [-0.3, -0.25) is 4.57 Å². The molecule has 222 valence electrons. The molecule has 0 atom stereocenters. The van der Waals surface area contributed by atoms with Crippen LogP contribution < -0.4 is 0 Å². The van der Waals surface area contributed by atoms with Crippen LogP contribution in [0.3, 0.4) is 0 Å². The van der Waals surface area contributed by atoms with E-state index in [0.717, 1.165) is 15.3 Å². The Kier molecular flexibility index (Phi) is 3.03. The average molecular weight is 621 g/mol. The maximum atomic E-state index is 9.97. The Bertz CT molecular complexity index is 3490. The molecule has 0 amide bonds. The second-order valence-corrected chi connectivity index (χ2v) is 11.2. The van der Waals surface area contributed by atoms with E-state index < -0.39 is 107 Å². The van der Waals surface area contributed by atoms with E-state index in [-0.39, 0.29) is 34.0 Å². The molecule has 0 radical (unpaired) electrons. The van der Waals surface area contributed by atoms with Crippen LogP contribution in [0.2, 0.25) is 0 Å². The van der Waals surface area contributed by atoms with Gasteiger partial charge >= 0.3 is 0 Å². The van der Waals surface area contributed by atoms with Crippen LogP contribution in [-0.2, 0) is 5.41 Å². The van der Waals surface area contributed by atoms with E-state index in [1.165, 1.54) is 0 Å². The Morgan fingerprint density at radius 1 is 0.617 bits per heavy atom. The molecule has 6 aromatic carbocycles. The van der Waals surface area contributed by atoms with E-state index in [9.17, 15) is 5.48 Å². The summed E-state index contributed by atoms with van der Waals surface area (Å²) in [6.45, 7) is -7.29. The van der Waals surface area contributed by atoms with Crippen LogP contribution in [0, 0.1) is 0 Å². The monoisotopic (exact) mass is 620 g/mol. The Morgan fingerprint density at radius 2 is 1.40 bits per heavy atom. The fourth-order valence-electron chi connectivity index (χ4n) is 6.40. The highest BCUT2D eigenvalue weighted by molar-refractivity contribution is 6.12. The van der Waals surface area contributed by atoms with Crippen molar-refractivity contribution in [3.05, 3.63) is 144 Å². The van der Waals surface area contributed by atoms with Gasteiger partial charge in [-0.1, -0.05) is 117 Å². The van der Waals surface area contributed by atoms with Crippen LogP contribution in [0.25, 0.3) is 83.6 Å². The fourth-order valence-corrected chi connectivity index (χ4v) is 6.40. The van der Waals surface area contributed by atoms with Gasteiger partial charge in [0.2, 0.25) is 5.95 Å². The number of hydrogen-bond donors (Lipinski definition) is 0. The lowest BCUT2D eigenvalue weighted by Crippen LogP contribution is -2.14. The van der Waals surface area contributed by atoms with Gasteiger partial charge in [0.1, 0.15) is 11.2 Å². The molecular formula is C42H28N4O. The highest BCUT2D eigenvalue weighted by atomic mass is 16.3. The number of rotatable bonds is 3. The predicted molar refractivity (Wildman–Crippen MR) is 190 cm³/mol. The summed E-state index contributed by atoms with van der Waals surface area (Å²) < 4.78 is 151. The van der Waals surface area contributed by atoms with Crippen molar-refractivity contribution in [2.24, 2.45) is 0 Å². The third kappa shape index (κ3) is 3.68. The summed E-state index contributed by atoms with van der Waals surface area (Å²) >= 11 is 0. The topological polar surface area (TPSA) is 56.7 Å². The summed E-state index contributed by atoms with van der Waals surface area (Å²) in [7, 11) is 0. The highest BCUT2D eigenvalue weighted by Gasteiger charge is 2.36. The van der Waals surface area contributed by atoms with Crippen molar-refractivity contribution in [1.82, 2.24) is 19.5 Å². The molecule has 1 aliphatic rings. The summed E-state index contributed by atoms with van der Waals surface area (Å²) in [5.41, 5.74) is -5.05. The van der Waals surface area contributed by atoms with Gasteiger partial charge in [-0.2, -0.15) is 9.97 Å². The molecule has 0 fully saturated rings. The standard InChI is InChI=1S/C42H28N4O/c1-42(2)33-20-9-6-15-26(33)31-24-36-32(23-34(31)42)27-16-7-10-21-35(27)46(36)41-44-39(25-13-4-3-5-14-25)43-40(45-41)30-19-12-18-29-28-17-8-11-22-37(28)47-38(29)30/h3-24H,1-2H3/i1D3,2D3,6D,7D,9D,10D,15D,16D,20D,21D,23D,24D. The predicted octanol–water partition coefficient (Wildman–Crippen LogP) is 10.5. The van der Waals surface area contributed by atoms with Crippen molar-refractivity contribution < 1.29 is 26.3 Å². The minimum absolute atomic E-state index is 0.0291. The Morgan fingerprint density at radius 3 is 2.32 bits per heavy atom. The molecule has 0 aliphatic heterocycles. The van der Waals surface area contributed by atoms with Crippen molar-refractivity contribution in [3.8, 4) is 39.9 Å². The number of fused-ring (bicyclic) bond motifs is 9. The molecule has 0 N–H and O–H groups in total. The van der Waals surface area contributed by atoms with Gasteiger partial charge < -0.3 is 4.42 Å². The number of aromatic nitrogens is 4. The number of benzene rings is 6. The van der Waals surface area contributed by atoms with Crippen LogP contribution in [0.1, 0.15) is 46.8 Å². The summed E-state index contributed by atoms with van der Waals surface area (Å²) in [5, 5.41) is 0.699. The first-order valence-corrected chi connectivity index (χ1v) is 14.7. The number of hydrogen-bond acceptors (Lipinski definition) is 4. The molecule has 3 aromatic heterocycles. The third-order valence-corrected chi connectivity index (χ3v) is 8.53. The lowest BCUT2D eigenvalue weighted by molar-refractivity contribution is 0.661. The molecule has 5 heteroatoms. The van der Waals surface area contributed by atoms with E-state index in [0.29, 0.717) is 22.3 Å². The smallest absolute Gasteiger partial charge is 0.238 e. The molecule has 9 aromatic rings. The SMILES string of the molecule is [2H]c1c([2H])c([2H])c2c(c1[2H])-c1c(c([2H])c3c4c([2H])c([2H])c([2H])c([2H])c4n(-c4nc(-c5ccccc5)nc(-c5cccc6c5oc5ccccc56)n4)c3c1[2H])C2(C([2H])([2H])[2H])C([2H])([2H])[2H]. The molecule has 10 rings (SSSR count).